The Bertz CT molecular complexity index is 862. The number of hydrogen-bond acceptors (Lipinski definition) is 5. The molecule has 6 nitrogen and oxygen atoms in total. The zero-order valence-corrected chi connectivity index (χ0v) is 15.2. The van der Waals surface area contributed by atoms with E-state index in [0.29, 0.717) is 5.56 Å². The van der Waals surface area contributed by atoms with Crippen molar-refractivity contribution in [1.29, 1.82) is 0 Å². The summed E-state index contributed by atoms with van der Waals surface area (Å²) >= 11 is 5.93. The molecular formula is C18H17ClFNO5. The third-order valence-electron chi connectivity index (χ3n) is 3.75. The predicted molar refractivity (Wildman–Crippen MR) is 92.6 cm³/mol. The van der Waals surface area contributed by atoms with Gasteiger partial charge in [0.25, 0.3) is 5.91 Å². The fraction of sp³-hybridized carbons (Fsp3) is 0.278. The Morgan fingerprint density at radius 3 is 2.62 bits per heavy atom. The van der Waals surface area contributed by atoms with Crippen LogP contribution in [0.15, 0.2) is 33.5 Å². The summed E-state index contributed by atoms with van der Waals surface area (Å²) in [4.78, 5) is 36.7. The lowest BCUT2D eigenvalue weighted by Gasteiger charge is -2.18. The Morgan fingerprint density at radius 1 is 1.31 bits per heavy atom. The molecule has 0 radical (unpaired) electrons. The smallest absolute Gasteiger partial charge is 0.342 e. The summed E-state index contributed by atoms with van der Waals surface area (Å²) in [7, 11) is 1.44. The van der Waals surface area contributed by atoms with Crippen LogP contribution in [-0.4, -0.2) is 30.4 Å². The first-order valence-corrected chi connectivity index (χ1v) is 8.03. The van der Waals surface area contributed by atoms with Gasteiger partial charge in [-0.1, -0.05) is 17.7 Å². The van der Waals surface area contributed by atoms with E-state index in [-0.39, 0.29) is 28.5 Å². The first-order valence-electron chi connectivity index (χ1n) is 7.66. The van der Waals surface area contributed by atoms with Crippen LogP contribution in [0.2, 0.25) is 5.02 Å². The zero-order chi connectivity index (χ0) is 19.4. The largest absolute Gasteiger partial charge is 0.452 e. The van der Waals surface area contributed by atoms with Gasteiger partial charge in [0.15, 0.2) is 6.61 Å². The highest BCUT2D eigenvalue weighted by atomic mass is 35.5. The van der Waals surface area contributed by atoms with Gasteiger partial charge in [0.1, 0.15) is 17.1 Å². The summed E-state index contributed by atoms with van der Waals surface area (Å²) in [5.41, 5.74) is 0.0851. The van der Waals surface area contributed by atoms with Crippen LogP contribution in [0.4, 0.5) is 4.39 Å². The van der Waals surface area contributed by atoms with Gasteiger partial charge in [0.2, 0.25) is 0 Å². The first-order chi connectivity index (χ1) is 12.2. The molecule has 0 spiro atoms. The Kier molecular flexibility index (Phi) is 6.15. The minimum Gasteiger partial charge on any atom is -0.452 e. The molecule has 0 aliphatic rings. The fourth-order valence-corrected chi connectivity index (χ4v) is 2.60. The van der Waals surface area contributed by atoms with Crippen LogP contribution in [0.5, 0.6) is 0 Å². The SMILES string of the molecule is Cc1cc(=O)oc(C)c1C(=O)OCC(=O)N(C)Cc1c(F)cccc1Cl. The van der Waals surface area contributed by atoms with Crippen LogP contribution in [0.1, 0.15) is 27.2 Å². The van der Waals surface area contributed by atoms with E-state index < -0.39 is 29.9 Å². The second-order valence-corrected chi connectivity index (χ2v) is 6.11. The Labute approximate surface area is 154 Å². The molecule has 0 atom stereocenters. The average molecular weight is 382 g/mol. The van der Waals surface area contributed by atoms with Crippen molar-refractivity contribution in [3.8, 4) is 0 Å². The molecular weight excluding hydrogens is 365 g/mol. The molecule has 0 aliphatic carbocycles. The van der Waals surface area contributed by atoms with Crippen molar-refractivity contribution in [1.82, 2.24) is 4.90 Å². The van der Waals surface area contributed by atoms with Crippen molar-refractivity contribution in [3.63, 3.8) is 0 Å². The van der Waals surface area contributed by atoms with Crippen molar-refractivity contribution in [2.75, 3.05) is 13.7 Å². The van der Waals surface area contributed by atoms with Gasteiger partial charge in [0, 0.05) is 30.2 Å². The summed E-state index contributed by atoms with van der Waals surface area (Å²) in [6.07, 6.45) is 0. The van der Waals surface area contributed by atoms with Crippen molar-refractivity contribution < 1.29 is 23.1 Å². The zero-order valence-electron chi connectivity index (χ0n) is 14.5. The topological polar surface area (TPSA) is 76.8 Å². The summed E-state index contributed by atoms with van der Waals surface area (Å²) < 4.78 is 23.6. The van der Waals surface area contributed by atoms with E-state index in [4.69, 9.17) is 20.8 Å². The number of rotatable bonds is 5. The number of halogens is 2. The number of likely N-dealkylation sites (N-methyl/N-ethyl adjacent to an activating group) is 1. The van der Waals surface area contributed by atoms with Crippen LogP contribution in [0.25, 0.3) is 0 Å². The molecule has 1 aromatic heterocycles. The monoisotopic (exact) mass is 381 g/mol. The highest BCUT2D eigenvalue weighted by Gasteiger charge is 2.20. The van der Waals surface area contributed by atoms with Crippen molar-refractivity contribution in [2.45, 2.75) is 20.4 Å². The molecule has 0 saturated heterocycles. The Hall–Kier alpha value is -2.67. The predicted octanol–water partition coefficient (Wildman–Crippen LogP) is 2.86. The van der Waals surface area contributed by atoms with E-state index in [9.17, 15) is 18.8 Å². The van der Waals surface area contributed by atoms with Gasteiger partial charge in [-0.3, -0.25) is 4.79 Å². The molecule has 2 rings (SSSR count). The second kappa shape index (κ2) is 8.14. The van der Waals surface area contributed by atoms with Gasteiger partial charge in [-0.2, -0.15) is 0 Å². The number of amides is 1. The van der Waals surface area contributed by atoms with E-state index in [1.165, 1.54) is 37.1 Å². The second-order valence-electron chi connectivity index (χ2n) is 5.71. The molecule has 0 saturated carbocycles. The van der Waals surface area contributed by atoms with Gasteiger partial charge in [-0.15, -0.1) is 0 Å². The van der Waals surface area contributed by atoms with Crippen molar-refractivity contribution in [3.05, 3.63) is 68.0 Å². The van der Waals surface area contributed by atoms with Gasteiger partial charge in [0.05, 0.1) is 0 Å². The summed E-state index contributed by atoms with van der Waals surface area (Å²) in [6.45, 7) is 2.41. The van der Waals surface area contributed by atoms with Gasteiger partial charge in [-0.25, -0.2) is 14.0 Å². The van der Waals surface area contributed by atoms with Gasteiger partial charge in [-0.05, 0) is 31.5 Å². The highest BCUT2D eigenvalue weighted by molar-refractivity contribution is 6.31. The molecule has 2 aromatic rings. The van der Waals surface area contributed by atoms with E-state index in [1.54, 1.807) is 6.92 Å². The van der Waals surface area contributed by atoms with E-state index >= 15 is 0 Å². The van der Waals surface area contributed by atoms with E-state index in [1.807, 2.05) is 0 Å². The standard InChI is InChI=1S/C18H17ClFNO5/c1-10-7-16(23)26-11(2)17(10)18(24)25-9-15(22)21(3)8-12-13(19)5-4-6-14(12)20/h4-7H,8-9H2,1-3H3. The highest BCUT2D eigenvalue weighted by Crippen LogP contribution is 2.20. The number of carbonyl (C=O) groups is 2. The number of benzene rings is 1. The number of esters is 1. The maximum atomic E-state index is 13.8. The third kappa shape index (κ3) is 4.49. The first kappa shape index (κ1) is 19.7. The number of aryl methyl sites for hydroxylation is 2. The molecule has 0 fully saturated rings. The fourth-order valence-electron chi connectivity index (χ4n) is 2.38. The molecule has 0 N–H and O–H groups in total. The molecule has 0 aliphatic heterocycles. The lowest BCUT2D eigenvalue weighted by Crippen LogP contribution is -2.31. The third-order valence-corrected chi connectivity index (χ3v) is 4.10. The maximum Gasteiger partial charge on any atom is 0.342 e. The number of carbonyl (C=O) groups excluding carboxylic acids is 2. The molecule has 1 aromatic carbocycles. The molecule has 8 heteroatoms. The van der Waals surface area contributed by atoms with Crippen molar-refractivity contribution in [2.24, 2.45) is 0 Å². The molecule has 1 heterocycles. The van der Waals surface area contributed by atoms with E-state index in [0.717, 1.165) is 6.07 Å². The van der Waals surface area contributed by atoms with Crippen LogP contribution < -0.4 is 5.63 Å². The van der Waals surface area contributed by atoms with E-state index in [2.05, 4.69) is 0 Å². The number of hydrogen-bond donors (Lipinski definition) is 0. The lowest BCUT2D eigenvalue weighted by molar-refractivity contribution is -0.133. The number of ether oxygens (including phenoxy) is 1. The quantitative estimate of drug-likeness (QED) is 0.744. The Balaban J connectivity index is 2.02. The van der Waals surface area contributed by atoms with Gasteiger partial charge >= 0.3 is 11.6 Å². The number of nitrogens with zero attached hydrogens (tertiary/aromatic N) is 1. The molecule has 0 unspecified atom stereocenters. The van der Waals surface area contributed by atoms with Crippen LogP contribution in [0, 0.1) is 19.7 Å². The van der Waals surface area contributed by atoms with Crippen LogP contribution >= 0.6 is 11.6 Å². The lowest BCUT2D eigenvalue weighted by atomic mass is 10.1. The molecule has 138 valence electrons. The minimum absolute atomic E-state index is 0.0693. The average Bonchev–Trinajstić information content (AvgIpc) is 2.55. The summed E-state index contributed by atoms with van der Waals surface area (Å²) in [6, 6.07) is 5.40. The Morgan fingerprint density at radius 2 is 2.00 bits per heavy atom. The minimum atomic E-state index is -0.783. The molecule has 1 amide bonds. The van der Waals surface area contributed by atoms with Gasteiger partial charge < -0.3 is 14.1 Å². The van der Waals surface area contributed by atoms with Crippen molar-refractivity contribution >= 4 is 23.5 Å². The van der Waals surface area contributed by atoms with Crippen LogP contribution in [-0.2, 0) is 16.1 Å². The normalized spacial score (nSPS) is 10.5. The van der Waals surface area contributed by atoms with Crippen LogP contribution in [0.3, 0.4) is 0 Å². The summed E-state index contributed by atoms with van der Waals surface area (Å²) in [5, 5.41) is 0.201. The summed E-state index contributed by atoms with van der Waals surface area (Å²) in [5.74, 6) is -1.74. The molecule has 0 bridgehead atoms. The molecule has 26 heavy (non-hydrogen) atoms. The maximum absolute atomic E-state index is 13.8.